The van der Waals surface area contributed by atoms with Gasteiger partial charge in [-0.25, -0.2) is 4.79 Å². The predicted octanol–water partition coefficient (Wildman–Crippen LogP) is 0.315. The van der Waals surface area contributed by atoms with E-state index in [1.807, 2.05) is 19.1 Å². The van der Waals surface area contributed by atoms with Crippen molar-refractivity contribution < 1.29 is 18.8 Å². The van der Waals surface area contributed by atoms with Gasteiger partial charge in [0, 0.05) is 12.5 Å². The third-order valence-electron chi connectivity index (χ3n) is 3.06. The van der Waals surface area contributed by atoms with E-state index >= 15 is 0 Å². The van der Waals surface area contributed by atoms with Gasteiger partial charge in [-0.05, 0) is 25.5 Å². The predicted molar refractivity (Wildman–Crippen MR) is 69.7 cm³/mol. The molecule has 0 spiro atoms. The lowest BCUT2D eigenvalue weighted by Crippen LogP contribution is -2.39. The van der Waals surface area contributed by atoms with Gasteiger partial charge in [-0.3, -0.25) is 14.9 Å². The van der Waals surface area contributed by atoms with Gasteiger partial charge in [0.15, 0.2) is 0 Å². The molecule has 0 radical (unpaired) electrons. The molecule has 1 aliphatic heterocycles. The quantitative estimate of drug-likeness (QED) is 0.653. The highest BCUT2D eigenvalue weighted by atomic mass is 16.3. The number of carbonyl (C=O) groups excluding carboxylic acids is 3. The molecule has 1 saturated heterocycles. The zero-order valence-electron chi connectivity index (χ0n) is 11.1. The molecule has 0 bridgehead atoms. The number of amides is 4. The van der Waals surface area contributed by atoms with Gasteiger partial charge in [-0.2, -0.15) is 0 Å². The summed E-state index contributed by atoms with van der Waals surface area (Å²) in [5, 5.41) is 7.27. The first-order valence-electron chi connectivity index (χ1n) is 6.47. The summed E-state index contributed by atoms with van der Waals surface area (Å²) in [5.74, 6) is 0.140. The summed E-state index contributed by atoms with van der Waals surface area (Å²) < 4.78 is 5.21. The zero-order chi connectivity index (χ0) is 14.5. The SMILES string of the molecule is C[C@@H](CCc1ccco1)NC(=O)C[C@H]1NC(=O)NC1=O. The first-order chi connectivity index (χ1) is 9.54. The van der Waals surface area contributed by atoms with Gasteiger partial charge in [-0.15, -0.1) is 0 Å². The lowest BCUT2D eigenvalue weighted by molar-refractivity contribution is -0.126. The average molecular weight is 279 g/mol. The summed E-state index contributed by atoms with van der Waals surface area (Å²) in [6.07, 6.45) is 3.03. The van der Waals surface area contributed by atoms with Crippen molar-refractivity contribution in [2.45, 2.75) is 38.3 Å². The maximum absolute atomic E-state index is 11.8. The van der Waals surface area contributed by atoms with Crippen molar-refractivity contribution in [3.63, 3.8) is 0 Å². The Balaban J connectivity index is 1.71. The molecule has 1 aromatic rings. The van der Waals surface area contributed by atoms with Crippen LogP contribution in [0.2, 0.25) is 0 Å². The van der Waals surface area contributed by atoms with Crippen LogP contribution in [0.4, 0.5) is 4.79 Å². The van der Waals surface area contributed by atoms with Gasteiger partial charge in [0.2, 0.25) is 5.91 Å². The number of aryl methyl sites for hydroxylation is 1. The molecule has 2 rings (SSSR count). The molecule has 0 saturated carbocycles. The number of furan rings is 1. The third-order valence-corrected chi connectivity index (χ3v) is 3.06. The van der Waals surface area contributed by atoms with Crippen LogP contribution in [0.3, 0.4) is 0 Å². The molecule has 2 heterocycles. The molecule has 108 valence electrons. The summed E-state index contributed by atoms with van der Waals surface area (Å²) in [6.45, 7) is 1.88. The molecule has 3 N–H and O–H groups in total. The van der Waals surface area contributed by atoms with E-state index in [-0.39, 0.29) is 18.4 Å². The molecule has 20 heavy (non-hydrogen) atoms. The fraction of sp³-hybridized carbons (Fsp3) is 0.462. The van der Waals surface area contributed by atoms with E-state index in [0.29, 0.717) is 0 Å². The molecular weight excluding hydrogens is 262 g/mol. The smallest absolute Gasteiger partial charge is 0.322 e. The topological polar surface area (TPSA) is 100 Å². The first kappa shape index (κ1) is 14.1. The Morgan fingerprint density at radius 2 is 2.30 bits per heavy atom. The van der Waals surface area contributed by atoms with Gasteiger partial charge in [0.05, 0.1) is 12.7 Å². The number of hydrogen-bond acceptors (Lipinski definition) is 4. The number of imide groups is 1. The van der Waals surface area contributed by atoms with E-state index in [9.17, 15) is 14.4 Å². The van der Waals surface area contributed by atoms with Crippen LogP contribution in [0.25, 0.3) is 0 Å². The van der Waals surface area contributed by atoms with Gasteiger partial charge in [0.25, 0.3) is 5.91 Å². The zero-order valence-corrected chi connectivity index (χ0v) is 11.1. The summed E-state index contributed by atoms with van der Waals surface area (Å²) in [5.41, 5.74) is 0. The maximum atomic E-state index is 11.8. The molecule has 1 aliphatic rings. The second-order valence-electron chi connectivity index (χ2n) is 4.81. The number of carbonyl (C=O) groups is 3. The standard InChI is InChI=1S/C13H17N3O4/c1-8(4-5-9-3-2-6-20-9)14-11(17)7-10-12(18)16-13(19)15-10/h2-3,6,8,10H,4-5,7H2,1H3,(H,14,17)(H2,15,16,18,19)/t8-,10+/m0/s1. The molecule has 0 unspecified atom stereocenters. The van der Waals surface area contributed by atoms with E-state index in [0.717, 1.165) is 18.6 Å². The third kappa shape index (κ3) is 3.84. The summed E-state index contributed by atoms with van der Waals surface area (Å²) in [4.78, 5) is 34.0. The van der Waals surface area contributed by atoms with Crippen LogP contribution in [0, 0.1) is 0 Å². The Hall–Kier alpha value is -2.31. The molecular formula is C13H17N3O4. The van der Waals surface area contributed by atoms with Gasteiger partial charge >= 0.3 is 6.03 Å². The summed E-state index contributed by atoms with van der Waals surface area (Å²) in [7, 11) is 0. The maximum Gasteiger partial charge on any atom is 0.322 e. The van der Waals surface area contributed by atoms with Crippen LogP contribution >= 0.6 is 0 Å². The average Bonchev–Trinajstić information content (AvgIpc) is 2.97. The minimum absolute atomic E-state index is 0.0345. The Kier molecular flexibility index (Phi) is 4.39. The van der Waals surface area contributed by atoms with Crippen LogP contribution in [-0.4, -0.2) is 29.9 Å². The molecule has 7 nitrogen and oxygen atoms in total. The minimum atomic E-state index is -0.778. The van der Waals surface area contributed by atoms with Crippen LogP contribution in [0.1, 0.15) is 25.5 Å². The van der Waals surface area contributed by atoms with E-state index in [1.165, 1.54) is 0 Å². The Morgan fingerprint density at radius 3 is 2.90 bits per heavy atom. The van der Waals surface area contributed by atoms with Crippen molar-refractivity contribution in [3.05, 3.63) is 24.2 Å². The summed E-state index contributed by atoms with van der Waals surface area (Å²) >= 11 is 0. The first-order valence-corrected chi connectivity index (χ1v) is 6.47. The molecule has 1 aromatic heterocycles. The highest BCUT2D eigenvalue weighted by molar-refractivity contribution is 6.05. The highest BCUT2D eigenvalue weighted by Crippen LogP contribution is 2.06. The molecule has 1 fully saturated rings. The molecule has 2 atom stereocenters. The summed E-state index contributed by atoms with van der Waals surface area (Å²) in [6, 6.07) is 2.33. The van der Waals surface area contributed by atoms with Crippen molar-refractivity contribution >= 4 is 17.8 Å². The van der Waals surface area contributed by atoms with Crippen LogP contribution in [-0.2, 0) is 16.0 Å². The van der Waals surface area contributed by atoms with Crippen LogP contribution in [0.15, 0.2) is 22.8 Å². The fourth-order valence-electron chi connectivity index (χ4n) is 2.01. The lowest BCUT2D eigenvalue weighted by atomic mass is 10.1. The van der Waals surface area contributed by atoms with Crippen molar-refractivity contribution in [2.75, 3.05) is 0 Å². The molecule has 0 aromatic carbocycles. The largest absolute Gasteiger partial charge is 0.469 e. The number of nitrogens with one attached hydrogen (secondary N) is 3. The second kappa shape index (κ2) is 6.23. The van der Waals surface area contributed by atoms with E-state index < -0.39 is 18.0 Å². The van der Waals surface area contributed by atoms with Gasteiger partial charge < -0.3 is 15.1 Å². The van der Waals surface area contributed by atoms with E-state index in [1.54, 1.807) is 6.26 Å². The fourth-order valence-corrected chi connectivity index (χ4v) is 2.01. The lowest BCUT2D eigenvalue weighted by Gasteiger charge is -2.14. The van der Waals surface area contributed by atoms with Gasteiger partial charge in [0.1, 0.15) is 11.8 Å². The second-order valence-corrected chi connectivity index (χ2v) is 4.81. The molecule has 4 amide bonds. The van der Waals surface area contributed by atoms with Crippen molar-refractivity contribution in [1.29, 1.82) is 0 Å². The van der Waals surface area contributed by atoms with Crippen molar-refractivity contribution in [3.8, 4) is 0 Å². The normalized spacial score (nSPS) is 19.4. The number of rotatable bonds is 6. The van der Waals surface area contributed by atoms with Crippen molar-refractivity contribution in [2.24, 2.45) is 0 Å². The molecule has 0 aliphatic carbocycles. The van der Waals surface area contributed by atoms with Crippen molar-refractivity contribution in [1.82, 2.24) is 16.0 Å². The number of urea groups is 1. The van der Waals surface area contributed by atoms with Gasteiger partial charge in [-0.1, -0.05) is 0 Å². The van der Waals surface area contributed by atoms with Crippen LogP contribution in [0.5, 0.6) is 0 Å². The van der Waals surface area contributed by atoms with Crippen LogP contribution < -0.4 is 16.0 Å². The Morgan fingerprint density at radius 1 is 1.50 bits per heavy atom. The minimum Gasteiger partial charge on any atom is -0.469 e. The molecule has 7 heteroatoms. The van der Waals surface area contributed by atoms with E-state index in [2.05, 4.69) is 16.0 Å². The Labute approximate surface area is 116 Å². The van der Waals surface area contributed by atoms with E-state index in [4.69, 9.17) is 4.42 Å². The number of hydrogen-bond donors (Lipinski definition) is 3. The monoisotopic (exact) mass is 279 g/mol. The highest BCUT2D eigenvalue weighted by Gasteiger charge is 2.31. The Bertz CT molecular complexity index is 498.